The van der Waals surface area contributed by atoms with Crippen molar-refractivity contribution in [3.05, 3.63) is 21.9 Å². The van der Waals surface area contributed by atoms with Crippen LogP contribution >= 0.6 is 11.3 Å². The number of thiophene rings is 1. The van der Waals surface area contributed by atoms with Gasteiger partial charge >= 0.3 is 5.97 Å². The Labute approximate surface area is 128 Å². The van der Waals surface area contributed by atoms with E-state index in [4.69, 9.17) is 0 Å². The van der Waals surface area contributed by atoms with Gasteiger partial charge in [-0.3, -0.25) is 9.59 Å². The van der Waals surface area contributed by atoms with Gasteiger partial charge in [-0.05, 0) is 50.1 Å². The van der Waals surface area contributed by atoms with Gasteiger partial charge in [0.05, 0.1) is 5.92 Å². The van der Waals surface area contributed by atoms with E-state index in [1.165, 1.54) is 10.4 Å². The number of piperidine rings is 1. The molecule has 4 atom stereocenters. The lowest BCUT2D eigenvalue weighted by molar-refractivity contribution is -0.147. The van der Waals surface area contributed by atoms with E-state index in [0.29, 0.717) is 18.9 Å². The van der Waals surface area contributed by atoms with Crippen LogP contribution in [-0.4, -0.2) is 34.5 Å². The third-order valence-corrected chi connectivity index (χ3v) is 6.01. The molecule has 1 aromatic heterocycles. The summed E-state index contributed by atoms with van der Waals surface area (Å²) in [5.41, 5.74) is 1.27. The zero-order chi connectivity index (χ0) is 15.1. The number of amides is 1. The molecule has 5 heteroatoms. The molecule has 0 bridgehead atoms. The first-order chi connectivity index (χ1) is 9.99. The zero-order valence-corrected chi connectivity index (χ0v) is 13.2. The first-order valence-electron chi connectivity index (χ1n) is 7.56. The Bertz CT molecular complexity index is 568. The minimum atomic E-state index is -0.777. The Hall–Kier alpha value is -1.36. The van der Waals surface area contributed by atoms with Crippen molar-refractivity contribution in [3.63, 3.8) is 0 Å². The lowest BCUT2D eigenvalue weighted by Crippen LogP contribution is -2.48. The van der Waals surface area contributed by atoms with Crippen molar-refractivity contribution in [1.29, 1.82) is 0 Å². The molecule has 4 nitrogen and oxygen atoms in total. The second-order valence-corrected chi connectivity index (χ2v) is 7.32. The third kappa shape index (κ3) is 2.71. The van der Waals surface area contributed by atoms with Crippen LogP contribution in [0.1, 0.15) is 42.5 Å². The summed E-state index contributed by atoms with van der Waals surface area (Å²) in [4.78, 5) is 27.0. The standard InChI is InChI=1S/C16H21NO3S/c1-9-5-6-21-14(9)12-7-13(12)15(18)17-8-11(16(19)20)4-3-10(17)2/h5-6,10-13H,3-4,7-8H2,1-2H3,(H,19,20). The van der Waals surface area contributed by atoms with Crippen LogP contribution in [0.15, 0.2) is 11.4 Å². The van der Waals surface area contributed by atoms with E-state index >= 15 is 0 Å². The summed E-state index contributed by atoms with van der Waals surface area (Å²) in [6.07, 6.45) is 2.39. The average Bonchev–Trinajstić information content (AvgIpc) is 3.13. The monoisotopic (exact) mass is 307 g/mol. The number of hydrogen-bond donors (Lipinski definition) is 1. The van der Waals surface area contributed by atoms with Gasteiger partial charge < -0.3 is 10.0 Å². The molecular formula is C16H21NO3S. The number of carbonyl (C=O) groups is 2. The number of nitrogens with zero attached hydrogens (tertiary/aromatic N) is 1. The normalized spacial score (nSPS) is 32.0. The second kappa shape index (κ2) is 5.44. The molecule has 2 heterocycles. The van der Waals surface area contributed by atoms with Crippen molar-refractivity contribution in [2.45, 2.75) is 45.1 Å². The highest BCUT2D eigenvalue weighted by atomic mass is 32.1. The van der Waals surface area contributed by atoms with E-state index in [-0.39, 0.29) is 17.9 Å². The summed E-state index contributed by atoms with van der Waals surface area (Å²) in [5, 5.41) is 11.3. The highest BCUT2D eigenvalue weighted by Gasteiger charge is 2.48. The van der Waals surface area contributed by atoms with Crippen LogP contribution in [0.5, 0.6) is 0 Å². The predicted octanol–water partition coefficient (Wildman–Crippen LogP) is 2.87. The van der Waals surface area contributed by atoms with Crippen molar-refractivity contribution < 1.29 is 14.7 Å². The summed E-state index contributed by atoms with van der Waals surface area (Å²) in [5.74, 6) is -0.592. The lowest BCUT2D eigenvalue weighted by atomic mass is 9.93. The number of carboxylic acids is 1. The van der Waals surface area contributed by atoms with Crippen molar-refractivity contribution in [1.82, 2.24) is 4.90 Å². The molecule has 4 unspecified atom stereocenters. The largest absolute Gasteiger partial charge is 0.481 e. The van der Waals surface area contributed by atoms with Crippen LogP contribution in [0.3, 0.4) is 0 Å². The van der Waals surface area contributed by atoms with Gasteiger partial charge in [0.2, 0.25) is 5.91 Å². The summed E-state index contributed by atoms with van der Waals surface area (Å²) >= 11 is 1.73. The zero-order valence-electron chi connectivity index (χ0n) is 12.4. The molecule has 1 aromatic rings. The van der Waals surface area contributed by atoms with Crippen molar-refractivity contribution >= 4 is 23.2 Å². The number of hydrogen-bond acceptors (Lipinski definition) is 3. The molecule has 1 amide bonds. The molecule has 0 radical (unpaired) electrons. The number of likely N-dealkylation sites (tertiary alicyclic amines) is 1. The van der Waals surface area contributed by atoms with Crippen LogP contribution in [-0.2, 0) is 9.59 Å². The van der Waals surface area contributed by atoms with E-state index in [2.05, 4.69) is 18.4 Å². The van der Waals surface area contributed by atoms with Gasteiger partial charge in [0.1, 0.15) is 0 Å². The average molecular weight is 307 g/mol. The van der Waals surface area contributed by atoms with Crippen LogP contribution in [0.2, 0.25) is 0 Å². The molecule has 114 valence electrons. The van der Waals surface area contributed by atoms with E-state index in [1.807, 2.05) is 11.8 Å². The van der Waals surface area contributed by atoms with Gasteiger partial charge in [-0.15, -0.1) is 11.3 Å². The third-order valence-electron chi connectivity index (χ3n) is 4.86. The van der Waals surface area contributed by atoms with Gasteiger partial charge in [-0.1, -0.05) is 0 Å². The highest BCUT2D eigenvalue weighted by Crippen LogP contribution is 2.51. The molecule has 1 N–H and O–H groups in total. The minimum absolute atomic E-state index is 0.0670. The maximum atomic E-state index is 12.7. The maximum Gasteiger partial charge on any atom is 0.308 e. The Morgan fingerprint density at radius 1 is 1.38 bits per heavy atom. The second-order valence-electron chi connectivity index (χ2n) is 6.37. The highest BCUT2D eigenvalue weighted by molar-refractivity contribution is 7.10. The van der Waals surface area contributed by atoms with E-state index in [1.54, 1.807) is 11.3 Å². The van der Waals surface area contributed by atoms with Gasteiger partial charge in [0, 0.05) is 29.3 Å². The quantitative estimate of drug-likeness (QED) is 0.934. The molecule has 2 aliphatic rings. The van der Waals surface area contributed by atoms with E-state index < -0.39 is 11.9 Å². The Morgan fingerprint density at radius 3 is 2.76 bits per heavy atom. The smallest absolute Gasteiger partial charge is 0.308 e. The van der Waals surface area contributed by atoms with Crippen molar-refractivity contribution in [2.75, 3.05) is 6.54 Å². The van der Waals surface area contributed by atoms with Crippen LogP contribution in [0, 0.1) is 18.8 Å². The number of carboxylic acid groups (broad SMARTS) is 1. The maximum absolute atomic E-state index is 12.7. The molecule has 1 saturated carbocycles. The fourth-order valence-corrected chi connectivity index (χ4v) is 4.46. The Morgan fingerprint density at radius 2 is 2.14 bits per heavy atom. The molecule has 21 heavy (non-hydrogen) atoms. The topological polar surface area (TPSA) is 57.6 Å². The van der Waals surface area contributed by atoms with Gasteiger partial charge in [0.15, 0.2) is 0 Å². The Kier molecular flexibility index (Phi) is 3.78. The Balaban J connectivity index is 1.68. The van der Waals surface area contributed by atoms with Crippen LogP contribution < -0.4 is 0 Å². The van der Waals surface area contributed by atoms with Crippen molar-refractivity contribution in [3.8, 4) is 0 Å². The SMILES string of the molecule is Cc1ccsc1C1CC1C(=O)N1CC(C(=O)O)CCC1C. The van der Waals surface area contributed by atoms with Crippen LogP contribution in [0.25, 0.3) is 0 Å². The van der Waals surface area contributed by atoms with Gasteiger partial charge in [0.25, 0.3) is 0 Å². The minimum Gasteiger partial charge on any atom is -0.481 e. The summed E-state index contributed by atoms with van der Waals surface area (Å²) in [7, 11) is 0. The first kappa shape index (κ1) is 14.6. The fraction of sp³-hybridized carbons (Fsp3) is 0.625. The van der Waals surface area contributed by atoms with Gasteiger partial charge in [-0.25, -0.2) is 0 Å². The molecule has 1 saturated heterocycles. The number of carbonyl (C=O) groups excluding carboxylic acids is 1. The van der Waals surface area contributed by atoms with E-state index in [9.17, 15) is 14.7 Å². The van der Waals surface area contributed by atoms with Crippen molar-refractivity contribution in [2.24, 2.45) is 11.8 Å². The summed E-state index contributed by atoms with van der Waals surface area (Å²) in [6.45, 7) is 4.50. The van der Waals surface area contributed by atoms with E-state index in [0.717, 1.165) is 12.8 Å². The molecular weight excluding hydrogens is 286 g/mol. The molecule has 2 fully saturated rings. The summed E-state index contributed by atoms with van der Waals surface area (Å²) < 4.78 is 0. The molecule has 3 rings (SSSR count). The summed E-state index contributed by atoms with van der Waals surface area (Å²) in [6, 6.07) is 2.27. The number of aliphatic carboxylic acids is 1. The first-order valence-corrected chi connectivity index (χ1v) is 8.44. The number of aryl methyl sites for hydroxylation is 1. The molecule has 0 aromatic carbocycles. The number of rotatable bonds is 3. The molecule has 0 spiro atoms. The predicted molar refractivity (Wildman–Crippen MR) is 81.4 cm³/mol. The van der Waals surface area contributed by atoms with Crippen LogP contribution in [0.4, 0.5) is 0 Å². The fourth-order valence-electron chi connectivity index (χ4n) is 3.35. The molecule has 1 aliphatic carbocycles. The lowest BCUT2D eigenvalue weighted by Gasteiger charge is -2.36. The molecule has 1 aliphatic heterocycles. The van der Waals surface area contributed by atoms with Gasteiger partial charge in [-0.2, -0.15) is 0 Å².